The van der Waals surface area contributed by atoms with Gasteiger partial charge in [0.25, 0.3) is 0 Å². The minimum atomic E-state index is -0.298. The van der Waals surface area contributed by atoms with Crippen molar-refractivity contribution in [2.24, 2.45) is 0 Å². The van der Waals surface area contributed by atoms with E-state index in [-0.39, 0.29) is 5.97 Å². The Morgan fingerprint density at radius 1 is 1.03 bits per heavy atom. The van der Waals surface area contributed by atoms with Crippen LogP contribution in [0.2, 0.25) is 5.02 Å². The summed E-state index contributed by atoms with van der Waals surface area (Å²) in [7, 11) is 0. The van der Waals surface area contributed by atoms with E-state index in [0.717, 1.165) is 28.6 Å². The number of carbonyl (C=O) groups excluding carboxylic acids is 1. The zero-order chi connectivity index (χ0) is 21.8. The number of esters is 1. The fraction of sp³-hybridized carbons (Fsp3) is 0.400. The molecule has 30 heavy (non-hydrogen) atoms. The van der Waals surface area contributed by atoms with Gasteiger partial charge < -0.3 is 9.30 Å². The van der Waals surface area contributed by atoms with Crippen LogP contribution in [0.4, 0.5) is 0 Å². The van der Waals surface area contributed by atoms with Crippen molar-refractivity contribution in [1.82, 2.24) is 9.47 Å². The summed E-state index contributed by atoms with van der Waals surface area (Å²) in [4.78, 5) is 15.5. The van der Waals surface area contributed by atoms with Crippen LogP contribution in [0.15, 0.2) is 48.5 Å². The van der Waals surface area contributed by atoms with Gasteiger partial charge in [0.15, 0.2) is 0 Å². The molecule has 160 valence electrons. The molecule has 0 saturated heterocycles. The Bertz CT molecular complexity index is 1000. The van der Waals surface area contributed by atoms with Gasteiger partial charge in [-0.2, -0.15) is 0 Å². The summed E-state index contributed by atoms with van der Waals surface area (Å²) < 4.78 is 7.57. The summed E-state index contributed by atoms with van der Waals surface area (Å²) >= 11 is 6.36. The number of nitrogens with zero attached hydrogens (tertiary/aromatic N) is 2. The molecule has 0 fully saturated rings. The molecule has 1 aromatic heterocycles. The summed E-state index contributed by atoms with van der Waals surface area (Å²) in [6.07, 6.45) is 0. The number of ether oxygens (including phenoxy) is 1. The Labute approximate surface area is 184 Å². The van der Waals surface area contributed by atoms with Gasteiger partial charge in [-0.3, -0.25) is 4.90 Å². The Hall–Kier alpha value is -2.30. The molecular formula is C25H31ClN2O2. The van der Waals surface area contributed by atoms with E-state index in [4.69, 9.17) is 16.3 Å². The number of halogens is 1. The molecule has 4 nitrogen and oxygen atoms in total. The monoisotopic (exact) mass is 426 g/mol. The first-order valence-corrected chi connectivity index (χ1v) is 11.0. The van der Waals surface area contributed by atoms with Crippen molar-refractivity contribution in [3.63, 3.8) is 0 Å². The number of fused-ring (bicyclic) bond motifs is 1. The summed E-state index contributed by atoms with van der Waals surface area (Å²) in [5.41, 5.74) is 2.65. The standard InChI is InChI=1S/C25H31ClN2O2/c1-6-30-25(29)24-21-13-12-20(26)16-22(21)23(19-10-8-7-9-11-19)28(24)15-14-27(17(2)3)18(4)5/h7-13,16-18H,6,14-15H2,1-5H3. The maximum atomic E-state index is 13.0. The highest BCUT2D eigenvalue weighted by molar-refractivity contribution is 6.31. The average Bonchev–Trinajstić information content (AvgIpc) is 3.01. The van der Waals surface area contributed by atoms with E-state index in [1.54, 1.807) is 0 Å². The van der Waals surface area contributed by atoms with Gasteiger partial charge in [-0.25, -0.2) is 4.79 Å². The molecule has 0 amide bonds. The molecule has 5 heteroatoms. The number of benzene rings is 2. The van der Waals surface area contributed by atoms with Crippen LogP contribution in [0.5, 0.6) is 0 Å². The molecule has 0 aliphatic rings. The molecule has 0 aliphatic carbocycles. The highest BCUT2D eigenvalue weighted by Gasteiger charge is 2.25. The third-order valence-corrected chi connectivity index (χ3v) is 5.69. The molecule has 0 spiro atoms. The second kappa shape index (κ2) is 9.67. The van der Waals surface area contributed by atoms with Gasteiger partial charge in [0.2, 0.25) is 0 Å². The third-order valence-electron chi connectivity index (χ3n) is 5.46. The summed E-state index contributed by atoms with van der Waals surface area (Å²) in [6.45, 7) is 12.5. The lowest BCUT2D eigenvalue weighted by Crippen LogP contribution is -2.39. The summed E-state index contributed by atoms with van der Waals surface area (Å²) in [5.74, 6) is -0.298. The minimum absolute atomic E-state index is 0.298. The molecule has 0 saturated carbocycles. The SMILES string of the molecule is CCOC(=O)c1c2ccc(Cl)cc2c(-c2ccccc2)n1CCN(C(C)C)C(C)C. The quantitative estimate of drug-likeness (QED) is 0.399. The molecular weight excluding hydrogens is 396 g/mol. The largest absolute Gasteiger partial charge is 0.461 e. The Morgan fingerprint density at radius 2 is 1.70 bits per heavy atom. The van der Waals surface area contributed by atoms with Gasteiger partial charge >= 0.3 is 5.97 Å². The smallest absolute Gasteiger partial charge is 0.355 e. The Morgan fingerprint density at radius 3 is 2.30 bits per heavy atom. The van der Waals surface area contributed by atoms with Gasteiger partial charge in [0.05, 0.1) is 12.3 Å². The van der Waals surface area contributed by atoms with Crippen molar-refractivity contribution in [2.75, 3.05) is 13.2 Å². The van der Waals surface area contributed by atoms with Crippen LogP contribution in [0, 0.1) is 0 Å². The first-order chi connectivity index (χ1) is 14.3. The van der Waals surface area contributed by atoms with Crippen molar-refractivity contribution in [3.05, 3.63) is 59.2 Å². The molecule has 0 unspecified atom stereocenters. The van der Waals surface area contributed by atoms with Crippen LogP contribution in [-0.2, 0) is 11.3 Å². The Balaban J connectivity index is 2.23. The van der Waals surface area contributed by atoms with E-state index in [1.807, 2.05) is 43.3 Å². The highest BCUT2D eigenvalue weighted by atomic mass is 35.5. The van der Waals surface area contributed by atoms with E-state index < -0.39 is 0 Å². The molecule has 1 heterocycles. The lowest BCUT2D eigenvalue weighted by Gasteiger charge is -2.31. The normalized spacial score (nSPS) is 11.8. The molecule has 0 N–H and O–H groups in total. The third kappa shape index (κ3) is 4.55. The molecule has 0 radical (unpaired) electrons. The number of aromatic nitrogens is 1. The van der Waals surface area contributed by atoms with Crippen molar-refractivity contribution in [3.8, 4) is 11.3 Å². The number of carbonyl (C=O) groups is 1. The van der Waals surface area contributed by atoms with Crippen molar-refractivity contribution >= 4 is 28.3 Å². The van der Waals surface area contributed by atoms with Gasteiger partial charge in [-0.1, -0.05) is 48.0 Å². The van der Waals surface area contributed by atoms with Crippen molar-refractivity contribution in [2.45, 2.75) is 53.2 Å². The topological polar surface area (TPSA) is 34.5 Å². The first-order valence-electron chi connectivity index (χ1n) is 10.6. The maximum absolute atomic E-state index is 13.0. The van der Waals surface area contributed by atoms with Crippen LogP contribution in [0.25, 0.3) is 22.0 Å². The molecule has 0 bridgehead atoms. The van der Waals surface area contributed by atoms with Crippen LogP contribution in [0.1, 0.15) is 45.1 Å². The van der Waals surface area contributed by atoms with Crippen LogP contribution >= 0.6 is 11.6 Å². The zero-order valence-corrected chi connectivity index (χ0v) is 19.2. The van der Waals surface area contributed by atoms with E-state index in [2.05, 4.69) is 49.3 Å². The van der Waals surface area contributed by atoms with Crippen molar-refractivity contribution < 1.29 is 9.53 Å². The zero-order valence-electron chi connectivity index (χ0n) is 18.5. The molecule has 0 atom stereocenters. The number of rotatable bonds is 8. The predicted molar refractivity (Wildman–Crippen MR) is 125 cm³/mol. The fourth-order valence-corrected chi connectivity index (χ4v) is 4.37. The predicted octanol–water partition coefficient (Wildman–Crippen LogP) is 6.26. The minimum Gasteiger partial charge on any atom is -0.461 e. The molecule has 2 aromatic carbocycles. The van der Waals surface area contributed by atoms with E-state index in [0.29, 0.717) is 36.0 Å². The van der Waals surface area contributed by atoms with E-state index in [1.165, 1.54) is 0 Å². The van der Waals surface area contributed by atoms with Gasteiger partial charge in [-0.05, 0) is 52.3 Å². The fourth-order valence-electron chi connectivity index (χ4n) is 4.20. The highest BCUT2D eigenvalue weighted by Crippen LogP contribution is 2.36. The number of hydrogen-bond donors (Lipinski definition) is 0. The van der Waals surface area contributed by atoms with Crippen LogP contribution < -0.4 is 0 Å². The van der Waals surface area contributed by atoms with E-state index in [9.17, 15) is 4.79 Å². The summed E-state index contributed by atoms with van der Waals surface area (Å²) in [5, 5.41) is 2.49. The van der Waals surface area contributed by atoms with Gasteiger partial charge in [-0.15, -0.1) is 0 Å². The van der Waals surface area contributed by atoms with Gasteiger partial charge in [0, 0.05) is 41.0 Å². The van der Waals surface area contributed by atoms with E-state index >= 15 is 0 Å². The maximum Gasteiger partial charge on any atom is 0.355 e. The second-order valence-electron chi connectivity index (χ2n) is 8.05. The average molecular weight is 427 g/mol. The summed E-state index contributed by atoms with van der Waals surface area (Å²) in [6, 6.07) is 16.7. The molecule has 0 aliphatic heterocycles. The molecule has 3 aromatic rings. The van der Waals surface area contributed by atoms with Gasteiger partial charge in [0.1, 0.15) is 5.69 Å². The lowest BCUT2D eigenvalue weighted by molar-refractivity contribution is 0.0515. The lowest BCUT2D eigenvalue weighted by atomic mass is 10.1. The van der Waals surface area contributed by atoms with Crippen LogP contribution in [-0.4, -0.2) is 40.7 Å². The first kappa shape index (κ1) is 22.4. The van der Waals surface area contributed by atoms with Crippen molar-refractivity contribution in [1.29, 1.82) is 0 Å². The number of hydrogen-bond acceptors (Lipinski definition) is 3. The molecule has 3 rings (SSSR count). The Kier molecular flexibility index (Phi) is 7.22. The van der Waals surface area contributed by atoms with Crippen LogP contribution in [0.3, 0.4) is 0 Å². The second-order valence-corrected chi connectivity index (χ2v) is 8.49.